The molecular weight excluding hydrogens is 432 g/mol. The Morgan fingerprint density at radius 2 is 1.97 bits per heavy atom. The average molecular weight is 446 g/mol. The van der Waals surface area contributed by atoms with E-state index in [1.807, 2.05) is 0 Å². The van der Waals surface area contributed by atoms with E-state index in [0.717, 1.165) is 11.3 Å². The van der Waals surface area contributed by atoms with Gasteiger partial charge < -0.3 is 9.84 Å². The number of nitrogens with zero attached hydrogens (tertiary/aromatic N) is 3. The van der Waals surface area contributed by atoms with Gasteiger partial charge in [0.1, 0.15) is 0 Å². The van der Waals surface area contributed by atoms with Crippen molar-refractivity contribution in [3.63, 3.8) is 0 Å². The number of anilines is 1. The van der Waals surface area contributed by atoms with Gasteiger partial charge in [0.15, 0.2) is 10.1 Å². The molecule has 2 aromatic carbocycles. The third kappa shape index (κ3) is 4.90. The molecule has 0 aliphatic rings. The molecule has 3 aromatic rings. The SMILES string of the molecule is COc1ccc(CSc2nnc(NC(=O)c3ccccc3C(=O)O)s2)cc1[N+](=O)[O-]. The normalized spacial score (nSPS) is 10.4. The largest absolute Gasteiger partial charge is 0.490 e. The fraction of sp³-hybridized carbons (Fsp3) is 0.111. The molecule has 2 N–H and O–H groups in total. The van der Waals surface area contributed by atoms with Crippen LogP contribution in [0.4, 0.5) is 10.8 Å². The van der Waals surface area contributed by atoms with Crippen LogP contribution in [-0.4, -0.2) is 39.2 Å². The van der Waals surface area contributed by atoms with Crippen LogP contribution in [0.1, 0.15) is 26.3 Å². The van der Waals surface area contributed by atoms with Gasteiger partial charge in [-0.2, -0.15) is 0 Å². The lowest BCUT2D eigenvalue weighted by Gasteiger charge is -2.04. The number of amides is 1. The summed E-state index contributed by atoms with van der Waals surface area (Å²) >= 11 is 2.41. The first-order valence-electron chi connectivity index (χ1n) is 8.30. The summed E-state index contributed by atoms with van der Waals surface area (Å²) in [6.45, 7) is 0. The van der Waals surface area contributed by atoms with Crippen molar-refractivity contribution in [3.8, 4) is 5.75 Å². The standard InChI is InChI=1S/C18H14N4O6S2/c1-28-14-7-6-10(8-13(14)22(26)27)9-29-18-21-20-17(30-18)19-15(23)11-4-2-3-5-12(11)16(24)25/h2-8H,9H2,1H3,(H,24,25)(H,19,20,23). The molecule has 0 radical (unpaired) electrons. The van der Waals surface area contributed by atoms with Crippen molar-refractivity contribution in [1.29, 1.82) is 0 Å². The second-order valence-corrected chi connectivity index (χ2v) is 7.93. The number of carbonyl (C=O) groups excluding carboxylic acids is 1. The topological polar surface area (TPSA) is 145 Å². The summed E-state index contributed by atoms with van der Waals surface area (Å²) in [6, 6.07) is 10.5. The van der Waals surface area contributed by atoms with Crippen molar-refractivity contribution in [3.05, 3.63) is 69.3 Å². The number of thioether (sulfide) groups is 1. The number of carboxylic acid groups (broad SMARTS) is 1. The molecule has 1 aromatic heterocycles. The second-order valence-electron chi connectivity index (χ2n) is 5.73. The van der Waals surface area contributed by atoms with Crippen LogP contribution in [-0.2, 0) is 5.75 Å². The van der Waals surface area contributed by atoms with E-state index in [4.69, 9.17) is 4.74 Å². The van der Waals surface area contributed by atoms with Gasteiger partial charge in [0.05, 0.1) is 23.2 Å². The number of aromatic carboxylic acids is 1. The van der Waals surface area contributed by atoms with Crippen LogP contribution < -0.4 is 10.1 Å². The molecule has 0 aliphatic heterocycles. The molecule has 0 fully saturated rings. The fourth-order valence-electron chi connectivity index (χ4n) is 2.46. The highest BCUT2D eigenvalue weighted by molar-refractivity contribution is 8.00. The van der Waals surface area contributed by atoms with Crippen molar-refractivity contribution in [2.75, 3.05) is 12.4 Å². The number of carbonyl (C=O) groups is 2. The monoisotopic (exact) mass is 446 g/mol. The Morgan fingerprint density at radius 1 is 1.23 bits per heavy atom. The van der Waals surface area contributed by atoms with E-state index in [9.17, 15) is 24.8 Å². The average Bonchev–Trinajstić information content (AvgIpc) is 3.19. The highest BCUT2D eigenvalue weighted by Crippen LogP contribution is 2.32. The van der Waals surface area contributed by atoms with Gasteiger partial charge in [-0.15, -0.1) is 10.2 Å². The molecule has 0 saturated heterocycles. The highest BCUT2D eigenvalue weighted by atomic mass is 32.2. The van der Waals surface area contributed by atoms with E-state index >= 15 is 0 Å². The molecule has 0 spiro atoms. The van der Waals surface area contributed by atoms with E-state index < -0.39 is 16.8 Å². The first-order valence-corrected chi connectivity index (χ1v) is 10.1. The van der Waals surface area contributed by atoms with Gasteiger partial charge in [-0.3, -0.25) is 20.2 Å². The van der Waals surface area contributed by atoms with Gasteiger partial charge in [-0.1, -0.05) is 41.3 Å². The highest BCUT2D eigenvalue weighted by Gasteiger charge is 2.18. The van der Waals surface area contributed by atoms with Crippen molar-refractivity contribution in [1.82, 2.24) is 10.2 Å². The molecular formula is C18H14N4O6S2. The maximum Gasteiger partial charge on any atom is 0.336 e. The first kappa shape index (κ1) is 21.2. The number of ether oxygens (including phenoxy) is 1. The number of hydrogen-bond acceptors (Lipinski definition) is 9. The Kier molecular flexibility index (Phi) is 6.59. The number of carboxylic acids is 1. The number of nitrogens with one attached hydrogen (secondary N) is 1. The minimum absolute atomic E-state index is 0.0138. The number of aromatic nitrogens is 2. The number of nitro groups is 1. The Hall–Kier alpha value is -3.51. The van der Waals surface area contributed by atoms with Gasteiger partial charge in [-0.25, -0.2) is 4.79 Å². The van der Waals surface area contributed by atoms with Crippen LogP contribution in [0.25, 0.3) is 0 Å². The quantitative estimate of drug-likeness (QED) is 0.229. The minimum Gasteiger partial charge on any atom is -0.490 e. The number of nitro benzene ring substituents is 1. The number of hydrogen-bond donors (Lipinski definition) is 2. The zero-order chi connectivity index (χ0) is 21.7. The smallest absolute Gasteiger partial charge is 0.336 e. The van der Waals surface area contributed by atoms with Gasteiger partial charge >= 0.3 is 11.7 Å². The maximum absolute atomic E-state index is 12.4. The molecule has 0 saturated carbocycles. The van der Waals surface area contributed by atoms with Gasteiger partial charge in [0, 0.05) is 11.8 Å². The van der Waals surface area contributed by atoms with Crippen LogP contribution in [0.15, 0.2) is 46.8 Å². The van der Waals surface area contributed by atoms with Gasteiger partial charge in [-0.05, 0) is 23.8 Å². The maximum atomic E-state index is 12.4. The van der Waals surface area contributed by atoms with E-state index in [1.165, 1.54) is 49.2 Å². The van der Waals surface area contributed by atoms with Crippen LogP contribution in [0, 0.1) is 10.1 Å². The Morgan fingerprint density at radius 3 is 2.63 bits per heavy atom. The van der Waals surface area contributed by atoms with Gasteiger partial charge in [0.25, 0.3) is 5.91 Å². The zero-order valence-corrected chi connectivity index (χ0v) is 17.0. The lowest BCUT2D eigenvalue weighted by Crippen LogP contribution is -2.16. The van der Waals surface area contributed by atoms with E-state index in [-0.39, 0.29) is 27.7 Å². The van der Waals surface area contributed by atoms with E-state index in [2.05, 4.69) is 15.5 Å². The first-order chi connectivity index (χ1) is 14.4. The molecule has 0 atom stereocenters. The molecule has 1 amide bonds. The molecule has 154 valence electrons. The minimum atomic E-state index is -1.21. The summed E-state index contributed by atoms with van der Waals surface area (Å²) in [7, 11) is 1.36. The molecule has 0 aliphatic carbocycles. The molecule has 30 heavy (non-hydrogen) atoms. The van der Waals surface area contributed by atoms with Crippen molar-refractivity contribution < 1.29 is 24.4 Å². The van der Waals surface area contributed by atoms with E-state index in [0.29, 0.717) is 15.7 Å². The number of rotatable bonds is 8. The molecule has 0 bridgehead atoms. The molecule has 12 heteroatoms. The molecule has 3 rings (SSSR count). The summed E-state index contributed by atoms with van der Waals surface area (Å²) in [5.74, 6) is -1.24. The Labute approximate surface area is 178 Å². The van der Waals surface area contributed by atoms with Crippen molar-refractivity contribution in [2.45, 2.75) is 10.1 Å². The third-order valence-corrected chi connectivity index (χ3v) is 5.87. The van der Waals surface area contributed by atoms with Gasteiger partial charge in [0.2, 0.25) is 5.13 Å². The van der Waals surface area contributed by atoms with Crippen LogP contribution in [0.2, 0.25) is 0 Å². The molecule has 10 nitrogen and oxygen atoms in total. The summed E-state index contributed by atoms with van der Waals surface area (Å²) in [4.78, 5) is 34.2. The van der Waals surface area contributed by atoms with Crippen molar-refractivity contribution >= 4 is 45.8 Å². The fourth-order valence-corrected chi connectivity index (χ4v) is 4.15. The summed E-state index contributed by atoms with van der Waals surface area (Å²) in [6.07, 6.45) is 0. The van der Waals surface area contributed by atoms with E-state index in [1.54, 1.807) is 12.1 Å². The Bertz CT molecular complexity index is 1120. The zero-order valence-electron chi connectivity index (χ0n) is 15.4. The summed E-state index contributed by atoms with van der Waals surface area (Å²) in [5.41, 5.74) is 0.469. The third-order valence-electron chi connectivity index (χ3n) is 3.83. The lowest BCUT2D eigenvalue weighted by molar-refractivity contribution is -0.385. The van der Waals surface area contributed by atoms with Crippen LogP contribution in [0.5, 0.6) is 5.75 Å². The lowest BCUT2D eigenvalue weighted by atomic mass is 10.1. The number of methoxy groups -OCH3 is 1. The molecule has 1 heterocycles. The van der Waals surface area contributed by atoms with Crippen LogP contribution in [0.3, 0.4) is 0 Å². The molecule has 0 unspecified atom stereocenters. The predicted molar refractivity (Wildman–Crippen MR) is 110 cm³/mol. The predicted octanol–water partition coefficient (Wildman–Crippen LogP) is 3.70. The summed E-state index contributed by atoms with van der Waals surface area (Å²) < 4.78 is 5.52. The number of benzene rings is 2. The second kappa shape index (κ2) is 9.33. The van der Waals surface area contributed by atoms with Crippen molar-refractivity contribution in [2.24, 2.45) is 0 Å². The van der Waals surface area contributed by atoms with Crippen LogP contribution >= 0.6 is 23.1 Å². The summed E-state index contributed by atoms with van der Waals surface area (Å²) in [5, 5.41) is 30.9. The Balaban J connectivity index is 1.66.